The number of anilines is 2. The molecule has 3 aromatic carbocycles. The van der Waals surface area contributed by atoms with E-state index in [1.54, 1.807) is 48.5 Å². The first-order valence-electron chi connectivity index (χ1n) is 9.11. The first-order chi connectivity index (χ1) is 14.5. The lowest BCUT2D eigenvalue weighted by molar-refractivity contribution is 0.0991. The van der Waals surface area contributed by atoms with Gasteiger partial charge in [-0.2, -0.15) is 0 Å². The minimum Gasteiger partial charge on any atom is -0.451 e. The molecule has 7 nitrogen and oxygen atoms in total. The van der Waals surface area contributed by atoms with Crippen LogP contribution >= 0.6 is 0 Å². The molecule has 148 valence electrons. The minimum absolute atomic E-state index is 0.206. The van der Waals surface area contributed by atoms with Crippen LogP contribution in [0.15, 0.2) is 83.3 Å². The predicted octanol–water partition coefficient (Wildman–Crippen LogP) is 4.04. The molecular formula is C23H17N3O4. The van der Waals surface area contributed by atoms with E-state index in [1.165, 1.54) is 12.1 Å². The number of primary amides is 1. The Bertz CT molecular complexity index is 1210. The zero-order valence-electron chi connectivity index (χ0n) is 15.7. The summed E-state index contributed by atoms with van der Waals surface area (Å²) in [7, 11) is 0. The van der Waals surface area contributed by atoms with E-state index in [1.807, 2.05) is 18.2 Å². The van der Waals surface area contributed by atoms with E-state index in [-0.39, 0.29) is 17.6 Å². The third-order valence-corrected chi connectivity index (χ3v) is 4.48. The molecule has 0 unspecified atom stereocenters. The van der Waals surface area contributed by atoms with Gasteiger partial charge in [0.25, 0.3) is 11.8 Å². The molecule has 0 radical (unpaired) electrons. The average molecular weight is 399 g/mol. The fourth-order valence-corrected chi connectivity index (χ4v) is 2.91. The molecule has 0 aliphatic carbocycles. The van der Waals surface area contributed by atoms with Crippen LogP contribution in [0.25, 0.3) is 11.0 Å². The number of fused-ring (bicyclic) bond motifs is 1. The standard InChI is InChI=1S/C23H17N3O4/c24-21(27)14-5-9-17(10-6-14)25-22(28)15-7-11-18(12-8-15)26-23(29)20-13-16-3-1-2-4-19(16)30-20/h1-13H,(H2,24,27)(H,25,28)(H,26,29). The zero-order valence-corrected chi connectivity index (χ0v) is 15.7. The summed E-state index contributed by atoms with van der Waals surface area (Å²) in [6.45, 7) is 0. The topological polar surface area (TPSA) is 114 Å². The quantitative estimate of drug-likeness (QED) is 0.470. The lowest BCUT2D eigenvalue weighted by Crippen LogP contribution is -2.14. The van der Waals surface area contributed by atoms with Gasteiger partial charge in [0.2, 0.25) is 5.91 Å². The van der Waals surface area contributed by atoms with Crippen molar-refractivity contribution in [2.45, 2.75) is 0 Å². The van der Waals surface area contributed by atoms with Crippen LogP contribution < -0.4 is 16.4 Å². The van der Waals surface area contributed by atoms with Crippen molar-refractivity contribution in [3.8, 4) is 0 Å². The highest BCUT2D eigenvalue weighted by atomic mass is 16.3. The van der Waals surface area contributed by atoms with Crippen LogP contribution in [0, 0.1) is 0 Å². The van der Waals surface area contributed by atoms with Crippen molar-refractivity contribution in [3.05, 3.63) is 95.7 Å². The number of carbonyl (C=O) groups is 3. The molecule has 0 fully saturated rings. The molecule has 3 amide bonds. The second-order valence-electron chi connectivity index (χ2n) is 6.58. The van der Waals surface area contributed by atoms with Gasteiger partial charge in [-0.1, -0.05) is 18.2 Å². The third-order valence-electron chi connectivity index (χ3n) is 4.48. The van der Waals surface area contributed by atoms with Gasteiger partial charge in [-0.25, -0.2) is 0 Å². The SMILES string of the molecule is NC(=O)c1ccc(NC(=O)c2ccc(NC(=O)c3cc4ccccc4o3)cc2)cc1. The van der Waals surface area contributed by atoms with Crippen LogP contribution in [0.4, 0.5) is 11.4 Å². The van der Waals surface area contributed by atoms with Crippen molar-refractivity contribution < 1.29 is 18.8 Å². The number of furan rings is 1. The van der Waals surface area contributed by atoms with E-state index >= 15 is 0 Å². The number of hydrogen-bond donors (Lipinski definition) is 3. The Balaban J connectivity index is 1.41. The fraction of sp³-hybridized carbons (Fsp3) is 0. The second kappa shape index (κ2) is 7.92. The number of nitrogens with one attached hydrogen (secondary N) is 2. The summed E-state index contributed by atoms with van der Waals surface area (Å²) in [5, 5.41) is 6.32. The van der Waals surface area contributed by atoms with Crippen molar-refractivity contribution in [1.82, 2.24) is 0 Å². The summed E-state index contributed by atoms with van der Waals surface area (Å²) in [5.74, 6) is -1.03. The van der Waals surface area contributed by atoms with Crippen LogP contribution in [-0.2, 0) is 0 Å². The van der Waals surface area contributed by atoms with Gasteiger partial charge >= 0.3 is 0 Å². The van der Waals surface area contributed by atoms with Gasteiger partial charge in [0.1, 0.15) is 5.58 Å². The highest BCUT2D eigenvalue weighted by Crippen LogP contribution is 2.20. The van der Waals surface area contributed by atoms with Gasteiger partial charge in [-0.05, 0) is 60.7 Å². The minimum atomic E-state index is -0.534. The first kappa shape index (κ1) is 18.9. The number of rotatable bonds is 5. The number of amides is 3. The van der Waals surface area contributed by atoms with Gasteiger partial charge in [0.05, 0.1) is 0 Å². The molecule has 0 aliphatic heterocycles. The van der Waals surface area contributed by atoms with Crippen LogP contribution in [0.5, 0.6) is 0 Å². The van der Waals surface area contributed by atoms with Crippen molar-refractivity contribution in [3.63, 3.8) is 0 Å². The zero-order chi connectivity index (χ0) is 21.1. The molecule has 0 atom stereocenters. The molecule has 0 aliphatic rings. The largest absolute Gasteiger partial charge is 0.451 e. The molecule has 4 rings (SSSR count). The first-order valence-corrected chi connectivity index (χ1v) is 9.11. The second-order valence-corrected chi connectivity index (χ2v) is 6.58. The molecule has 30 heavy (non-hydrogen) atoms. The van der Waals surface area contributed by atoms with Gasteiger partial charge in [0.15, 0.2) is 5.76 Å². The molecule has 1 heterocycles. The summed E-state index contributed by atoms with van der Waals surface area (Å²) in [6, 6.07) is 21.8. The molecular weight excluding hydrogens is 382 g/mol. The maximum atomic E-state index is 12.4. The van der Waals surface area contributed by atoms with Crippen molar-refractivity contribution in [2.24, 2.45) is 5.73 Å². The van der Waals surface area contributed by atoms with Crippen molar-refractivity contribution in [1.29, 1.82) is 0 Å². The molecule has 0 spiro atoms. The highest BCUT2D eigenvalue weighted by Gasteiger charge is 2.13. The molecule has 4 aromatic rings. The van der Waals surface area contributed by atoms with Crippen LogP contribution in [0.2, 0.25) is 0 Å². The van der Waals surface area contributed by atoms with Gasteiger partial charge in [0, 0.05) is 27.9 Å². The maximum Gasteiger partial charge on any atom is 0.291 e. The van der Waals surface area contributed by atoms with E-state index in [2.05, 4.69) is 10.6 Å². The Morgan fingerprint density at radius 1 is 0.700 bits per heavy atom. The van der Waals surface area contributed by atoms with E-state index < -0.39 is 5.91 Å². The average Bonchev–Trinajstić information content (AvgIpc) is 3.19. The smallest absolute Gasteiger partial charge is 0.291 e. The lowest BCUT2D eigenvalue weighted by atomic mass is 10.1. The molecule has 4 N–H and O–H groups in total. The molecule has 0 saturated heterocycles. The predicted molar refractivity (Wildman–Crippen MR) is 114 cm³/mol. The van der Waals surface area contributed by atoms with Crippen LogP contribution in [0.3, 0.4) is 0 Å². The molecule has 0 saturated carbocycles. The molecule has 7 heteroatoms. The number of hydrogen-bond acceptors (Lipinski definition) is 4. The number of carbonyl (C=O) groups excluding carboxylic acids is 3. The Labute approximate surface area is 171 Å². The van der Waals surface area contributed by atoms with Crippen LogP contribution in [0.1, 0.15) is 31.3 Å². The lowest BCUT2D eigenvalue weighted by Gasteiger charge is -2.07. The van der Waals surface area contributed by atoms with E-state index in [4.69, 9.17) is 10.2 Å². The molecule has 1 aromatic heterocycles. The van der Waals surface area contributed by atoms with Crippen LogP contribution in [-0.4, -0.2) is 17.7 Å². The Morgan fingerprint density at radius 2 is 1.27 bits per heavy atom. The normalized spacial score (nSPS) is 10.5. The van der Waals surface area contributed by atoms with E-state index in [9.17, 15) is 14.4 Å². The fourth-order valence-electron chi connectivity index (χ4n) is 2.91. The Hall–Kier alpha value is -4.39. The van der Waals surface area contributed by atoms with Crippen molar-refractivity contribution >= 4 is 40.1 Å². The summed E-state index contributed by atoms with van der Waals surface area (Å²) < 4.78 is 5.55. The summed E-state index contributed by atoms with van der Waals surface area (Å²) in [5.41, 5.74) is 7.67. The van der Waals surface area contributed by atoms with E-state index in [0.717, 1.165) is 5.39 Å². The monoisotopic (exact) mass is 399 g/mol. The highest BCUT2D eigenvalue weighted by molar-refractivity contribution is 6.06. The molecule has 0 bridgehead atoms. The maximum absolute atomic E-state index is 12.4. The summed E-state index contributed by atoms with van der Waals surface area (Å²) in [4.78, 5) is 35.9. The van der Waals surface area contributed by atoms with Gasteiger partial charge in [-0.15, -0.1) is 0 Å². The Morgan fingerprint density at radius 3 is 1.87 bits per heavy atom. The van der Waals surface area contributed by atoms with E-state index in [0.29, 0.717) is 28.1 Å². The summed E-state index contributed by atoms with van der Waals surface area (Å²) >= 11 is 0. The van der Waals surface area contributed by atoms with Gasteiger partial charge < -0.3 is 20.8 Å². The van der Waals surface area contributed by atoms with Crippen molar-refractivity contribution in [2.75, 3.05) is 10.6 Å². The number of nitrogens with two attached hydrogens (primary N) is 1. The number of para-hydroxylation sites is 1. The number of benzene rings is 3. The summed E-state index contributed by atoms with van der Waals surface area (Å²) in [6.07, 6.45) is 0. The Kier molecular flexibility index (Phi) is 5.00. The van der Waals surface area contributed by atoms with Gasteiger partial charge in [-0.3, -0.25) is 14.4 Å². The third kappa shape index (κ3) is 4.05.